The predicted molar refractivity (Wildman–Crippen MR) is 74.9 cm³/mol. The Morgan fingerprint density at radius 1 is 1.50 bits per heavy atom. The first-order chi connectivity index (χ1) is 8.79. The van der Waals surface area contributed by atoms with Crippen LogP contribution < -0.4 is 10.2 Å². The first kappa shape index (κ1) is 13.3. The van der Waals surface area contributed by atoms with Gasteiger partial charge in [0.15, 0.2) is 0 Å². The Bertz CT molecular complexity index is 361. The number of nitrogens with one attached hydrogen (secondary N) is 1. The summed E-state index contributed by atoms with van der Waals surface area (Å²) in [5.41, 5.74) is 1.04. The van der Waals surface area contributed by atoms with Gasteiger partial charge in [-0.2, -0.15) is 0 Å². The molecule has 1 saturated heterocycles. The monoisotopic (exact) mass is 248 g/mol. The van der Waals surface area contributed by atoms with Crippen molar-refractivity contribution in [2.45, 2.75) is 45.6 Å². The summed E-state index contributed by atoms with van der Waals surface area (Å²) < 4.78 is 0. The molecular formula is C14H24N4. The van der Waals surface area contributed by atoms with Crippen molar-refractivity contribution < 1.29 is 0 Å². The molecule has 1 aliphatic heterocycles. The summed E-state index contributed by atoms with van der Waals surface area (Å²) in [6.45, 7) is 7.49. The minimum Gasteiger partial charge on any atom is -0.339 e. The van der Waals surface area contributed by atoms with Gasteiger partial charge < -0.3 is 10.2 Å². The van der Waals surface area contributed by atoms with Crippen LogP contribution in [0.5, 0.6) is 0 Å². The summed E-state index contributed by atoms with van der Waals surface area (Å²) in [6, 6.07) is 2.56. The Morgan fingerprint density at radius 2 is 2.39 bits per heavy atom. The van der Waals surface area contributed by atoms with Crippen molar-refractivity contribution in [3.8, 4) is 0 Å². The largest absolute Gasteiger partial charge is 0.339 e. The molecule has 1 atom stereocenters. The third-order valence-electron chi connectivity index (χ3n) is 3.45. The van der Waals surface area contributed by atoms with Gasteiger partial charge in [0.2, 0.25) is 5.95 Å². The maximum absolute atomic E-state index is 4.56. The molecular weight excluding hydrogens is 224 g/mol. The number of anilines is 1. The van der Waals surface area contributed by atoms with Gasteiger partial charge in [0, 0.05) is 31.0 Å². The van der Waals surface area contributed by atoms with E-state index in [2.05, 4.69) is 27.1 Å². The average Bonchev–Trinajstić information content (AvgIpc) is 2.87. The van der Waals surface area contributed by atoms with E-state index in [1.54, 1.807) is 0 Å². The first-order valence-electron chi connectivity index (χ1n) is 7.07. The molecule has 4 heteroatoms. The molecule has 1 N–H and O–H groups in total. The third-order valence-corrected chi connectivity index (χ3v) is 3.45. The van der Waals surface area contributed by atoms with Crippen LogP contribution in [-0.2, 0) is 0 Å². The van der Waals surface area contributed by atoms with Crippen LogP contribution in [0.4, 0.5) is 5.95 Å². The van der Waals surface area contributed by atoms with E-state index in [4.69, 9.17) is 0 Å². The normalized spacial score (nSPS) is 19.1. The molecule has 0 spiro atoms. The van der Waals surface area contributed by atoms with E-state index in [-0.39, 0.29) is 0 Å². The molecule has 1 aromatic heterocycles. The van der Waals surface area contributed by atoms with E-state index < -0.39 is 0 Å². The van der Waals surface area contributed by atoms with Crippen LogP contribution in [0.3, 0.4) is 0 Å². The van der Waals surface area contributed by atoms with Crippen molar-refractivity contribution in [3.05, 3.63) is 18.0 Å². The van der Waals surface area contributed by atoms with Gasteiger partial charge in [0.05, 0.1) is 0 Å². The summed E-state index contributed by atoms with van der Waals surface area (Å²) in [7, 11) is 0. The molecule has 0 aliphatic carbocycles. The minimum atomic E-state index is 0.603. The van der Waals surface area contributed by atoms with E-state index in [0.29, 0.717) is 6.04 Å². The Morgan fingerprint density at radius 3 is 3.06 bits per heavy atom. The molecule has 0 aromatic carbocycles. The predicted octanol–water partition coefficient (Wildman–Crippen LogP) is 2.14. The number of aromatic nitrogens is 2. The van der Waals surface area contributed by atoms with E-state index in [9.17, 15) is 0 Å². The zero-order valence-corrected chi connectivity index (χ0v) is 11.5. The quantitative estimate of drug-likeness (QED) is 0.837. The summed E-state index contributed by atoms with van der Waals surface area (Å²) in [5, 5.41) is 3.55. The van der Waals surface area contributed by atoms with Crippen LogP contribution in [0, 0.1) is 6.92 Å². The van der Waals surface area contributed by atoms with Gasteiger partial charge in [0.25, 0.3) is 0 Å². The molecule has 1 aliphatic rings. The van der Waals surface area contributed by atoms with E-state index in [1.165, 1.54) is 25.7 Å². The van der Waals surface area contributed by atoms with Gasteiger partial charge in [-0.25, -0.2) is 9.97 Å². The highest BCUT2D eigenvalue weighted by Gasteiger charge is 2.19. The van der Waals surface area contributed by atoms with Crippen molar-refractivity contribution in [2.75, 3.05) is 24.5 Å². The molecule has 0 amide bonds. The molecule has 1 aromatic rings. The summed E-state index contributed by atoms with van der Waals surface area (Å²) in [6.07, 6.45) is 6.83. The van der Waals surface area contributed by atoms with Crippen LogP contribution in [-0.4, -0.2) is 35.6 Å². The second-order valence-electron chi connectivity index (χ2n) is 5.09. The summed E-state index contributed by atoms with van der Waals surface area (Å²) in [5.74, 6) is 0.886. The Balaban J connectivity index is 2.03. The molecule has 0 saturated carbocycles. The number of hydrogen-bond acceptors (Lipinski definition) is 4. The molecule has 0 bridgehead atoms. The Kier molecular flexibility index (Phi) is 4.93. The fraction of sp³-hybridized carbons (Fsp3) is 0.714. The molecule has 2 heterocycles. The minimum absolute atomic E-state index is 0.603. The molecule has 4 nitrogen and oxygen atoms in total. The topological polar surface area (TPSA) is 41.0 Å². The lowest BCUT2D eigenvalue weighted by atomic mass is 10.2. The molecule has 2 rings (SSSR count). The van der Waals surface area contributed by atoms with Gasteiger partial charge in [-0.15, -0.1) is 0 Å². The van der Waals surface area contributed by atoms with Crippen molar-refractivity contribution in [3.63, 3.8) is 0 Å². The molecule has 1 fully saturated rings. The van der Waals surface area contributed by atoms with Crippen molar-refractivity contribution >= 4 is 5.95 Å². The second kappa shape index (κ2) is 6.69. The van der Waals surface area contributed by atoms with E-state index in [1.807, 2.05) is 19.2 Å². The molecule has 18 heavy (non-hydrogen) atoms. The van der Waals surface area contributed by atoms with Gasteiger partial charge in [-0.3, -0.25) is 0 Å². The maximum atomic E-state index is 4.56. The average molecular weight is 248 g/mol. The van der Waals surface area contributed by atoms with Crippen molar-refractivity contribution in [2.24, 2.45) is 0 Å². The number of nitrogens with zero attached hydrogens (tertiary/aromatic N) is 3. The highest BCUT2D eigenvalue weighted by atomic mass is 15.3. The Labute approximate surface area is 110 Å². The van der Waals surface area contributed by atoms with E-state index >= 15 is 0 Å². The third kappa shape index (κ3) is 3.67. The van der Waals surface area contributed by atoms with Gasteiger partial charge in [0.1, 0.15) is 0 Å². The second-order valence-corrected chi connectivity index (χ2v) is 5.09. The van der Waals surface area contributed by atoms with E-state index in [0.717, 1.165) is 31.3 Å². The fourth-order valence-corrected chi connectivity index (χ4v) is 2.39. The molecule has 100 valence electrons. The number of unbranched alkanes of at least 4 members (excludes halogenated alkanes) is 1. The lowest BCUT2D eigenvalue weighted by Crippen LogP contribution is -2.39. The lowest BCUT2D eigenvalue weighted by Gasteiger charge is -2.25. The fourth-order valence-electron chi connectivity index (χ4n) is 2.39. The Hall–Kier alpha value is -1.16. The standard InChI is InChI=1S/C14H24N4/c1-3-4-10-18(11-13-6-5-8-15-13)14-16-9-7-12(2)17-14/h7,9,13,15H,3-6,8,10-11H2,1-2H3. The zero-order chi connectivity index (χ0) is 12.8. The first-order valence-corrected chi connectivity index (χ1v) is 7.07. The van der Waals surface area contributed by atoms with Gasteiger partial charge >= 0.3 is 0 Å². The lowest BCUT2D eigenvalue weighted by molar-refractivity contribution is 0.565. The van der Waals surface area contributed by atoms with Crippen LogP contribution in [0.25, 0.3) is 0 Å². The van der Waals surface area contributed by atoms with Crippen LogP contribution in [0.15, 0.2) is 12.3 Å². The highest BCUT2D eigenvalue weighted by molar-refractivity contribution is 5.30. The number of rotatable bonds is 6. The van der Waals surface area contributed by atoms with Gasteiger partial charge in [-0.05, 0) is 38.8 Å². The number of hydrogen-bond donors (Lipinski definition) is 1. The summed E-state index contributed by atoms with van der Waals surface area (Å²) >= 11 is 0. The van der Waals surface area contributed by atoms with Crippen molar-refractivity contribution in [1.29, 1.82) is 0 Å². The zero-order valence-electron chi connectivity index (χ0n) is 11.5. The van der Waals surface area contributed by atoms with Crippen molar-refractivity contribution in [1.82, 2.24) is 15.3 Å². The smallest absolute Gasteiger partial charge is 0.225 e. The summed E-state index contributed by atoms with van der Waals surface area (Å²) in [4.78, 5) is 11.3. The molecule has 1 unspecified atom stereocenters. The van der Waals surface area contributed by atoms with Gasteiger partial charge in [-0.1, -0.05) is 13.3 Å². The maximum Gasteiger partial charge on any atom is 0.225 e. The van der Waals surface area contributed by atoms with Crippen LogP contribution in [0.1, 0.15) is 38.3 Å². The highest BCUT2D eigenvalue weighted by Crippen LogP contribution is 2.13. The SMILES string of the molecule is CCCCN(CC1CCCN1)c1nccc(C)n1. The number of aryl methyl sites for hydroxylation is 1. The van der Waals surface area contributed by atoms with Crippen LogP contribution in [0.2, 0.25) is 0 Å². The molecule has 0 radical (unpaired) electrons. The van der Waals surface area contributed by atoms with Crippen LogP contribution >= 0.6 is 0 Å².